The number of para-hydroxylation sites is 3. The van der Waals surface area contributed by atoms with E-state index in [1.54, 1.807) is 0 Å². The molecule has 11 heteroatoms. The maximum atomic E-state index is 11.4. The van der Waals surface area contributed by atoms with E-state index in [1.807, 2.05) is 134 Å². The first-order valence-corrected chi connectivity index (χ1v) is 23.7. The van der Waals surface area contributed by atoms with Gasteiger partial charge in [-0.1, -0.05) is 115 Å². The molecule has 14 rings (SSSR count). The second kappa shape index (κ2) is 16.5. The van der Waals surface area contributed by atoms with Crippen molar-refractivity contribution in [3.05, 3.63) is 224 Å². The van der Waals surface area contributed by atoms with E-state index in [4.69, 9.17) is 24.9 Å². The Morgan fingerprint density at radius 2 is 0.699 bits per heavy atom. The van der Waals surface area contributed by atoms with Crippen LogP contribution in [0.4, 0.5) is 0 Å². The minimum Gasteiger partial charge on any atom is -0.308 e. The van der Waals surface area contributed by atoms with Crippen LogP contribution in [0, 0.1) is 22.7 Å². The van der Waals surface area contributed by atoms with Crippen LogP contribution in [0.3, 0.4) is 0 Å². The lowest BCUT2D eigenvalue weighted by atomic mass is 9.92. The molecule has 0 bridgehead atoms. The Labute approximate surface area is 416 Å². The van der Waals surface area contributed by atoms with Crippen molar-refractivity contribution in [3.8, 4) is 74.5 Å². The van der Waals surface area contributed by atoms with Crippen LogP contribution in [0.2, 0.25) is 0 Å². The van der Waals surface area contributed by atoms with E-state index in [9.17, 15) is 10.5 Å². The summed E-state index contributed by atoms with van der Waals surface area (Å²) in [4.78, 5) is 29.0. The fraction of sp³-hybridized carbons (Fsp3) is 0. The number of hydrogen-bond acceptors (Lipinski definition) is 8. The maximum Gasteiger partial charge on any atom is 0.166 e. The smallest absolute Gasteiger partial charge is 0.166 e. The quantitative estimate of drug-likeness (QED) is 0.154. The highest BCUT2D eigenvalue weighted by Gasteiger charge is 2.28. The van der Waals surface area contributed by atoms with Crippen LogP contribution in [0.15, 0.2) is 213 Å². The van der Waals surface area contributed by atoms with Gasteiger partial charge in [0, 0.05) is 67.6 Å². The van der Waals surface area contributed by atoms with Crippen molar-refractivity contribution in [3.63, 3.8) is 0 Å². The first-order valence-electron chi connectivity index (χ1n) is 23.7. The topological polar surface area (TPSA) is 140 Å². The number of aromatic nitrogens is 9. The fourth-order valence-electron chi connectivity index (χ4n) is 10.8. The zero-order valence-electron chi connectivity index (χ0n) is 38.6. The summed E-state index contributed by atoms with van der Waals surface area (Å²) in [6, 6.07) is 63.8. The molecule has 338 valence electrons. The third-order valence-electron chi connectivity index (χ3n) is 13.8. The summed E-state index contributed by atoms with van der Waals surface area (Å²) in [6.45, 7) is 0. The predicted octanol–water partition coefficient (Wildman–Crippen LogP) is 13.8. The molecule has 14 aromatic rings. The SMILES string of the molecule is N#Cc1cc(-c2c(-n3c4ccccc4c4ccncc43)cc(-n3c4ccccc4c4ccncc43)cc2-n2c3ccccc3c3ccncc32)cc(C#N)c1-c1nc(-c2ccccc2)nc(-c2ccccc2)n1. The first-order chi connectivity index (χ1) is 36.1. The van der Waals surface area contributed by atoms with Crippen molar-refractivity contribution >= 4 is 65.4 Å². The van der Waals surface area contributed by atoms with Crippen LogP contribution in [-0.4, -0.2) is 43.6 Å². The molecule has 73 heavy (non-hydrogen) atoms. The highest BCUT2D eigenvalue weighted by Crippen LogP contribution is 2.46. The van der Waals surface area contributed by atoms with Crippen molar-refractivity contribution < 1.29 is 0 Å². The van der Waals surface area contributed by atoms with Gasteiger partial charge in [-0.05, 0) is 66.2 Å². The van der Waals surface area contributed by atoms with Gasteiger partial charge in [-0.15, -0.1) is 0 Å². The first kappa shape index (κ1) is 41.4. The number of benzene rings is 7. The molecular formula is C62H35N11. The van der Waals surface area contributed by atoms with Crippen LogP contribution in [0.25, 0.3) is 128 Å². The third-order valence-corrected chi connectivity index (χ3v) is 13.8. The lowest BCUT2D eigenvalue weighted by molar-refractivity contribution is 1.07. The van der Waals surface area contributed by atoms with Gasteiger partial charge in [0.2, 0.25) is 0 Å². The Morgan fingerprint density at radius 3 is 1.14 bits per heavy atom. The number of fused-ring (bicyclic) bond motifs is 9. The lowest BCUT2D eigenvalue weighted by Crippen LogP contribution is -2.08. The van der Waals surface area contributed by atoms with Crippen molar-refractivity contribution in [2.24, 2.45) is 0 Å². The van der Waals surface area contributed by atoms with Crippen molar-refractivity contribution in [2.75, 3.05) is 0 Å². The van der Waals surface area contributed by atoms with Gasteiger partial charge in [-0.3, -0.25) is 15.0 Å². The second-order valence-electron chi connectivity index (χ2n) is 17.8. The average Bonchev–Trinajstić information content (AvgIpc) is 4.11. The molecule has 0 aliphatic rings. The number of pyridine rings is 3. The molecule has 0 spiro atoms. The summed E-state index contributed by atoms with van der Waals surface area (Å²) in [7, 11) is 0. The zero-order chi connectivity index (χ0) is 48.6. The molecule has 0 saturated heterocycles. The lowest BCUT2D eigenvalue weighted by Gasteiger charge is -2.23. The summed E-state index contributed by atoms with van der Waals surface area (Å²) < 4.78 is 6.79. The summed E-state index contributed by atoms with van der Waals surface area (Å²) in [5.74, 6) is 1.05. The molecule has 0 saturated carbocycles. The average molecular weight is 934 g/mol. The highest BCUT2D eigenvalue weighted by molar-refractivity contribution is 6.13. The standard InChI is InChI=1S/C62H35N11/c63-33-41-29-40(30-42(34-64)58(41)62-69-60(38-13-3-1-4-14-38)68-61(70-62)39-15-5-2-6-16-39)59-53(72-51-21-11-8-18-45(51)48-24-27-66-36-56(48)72)31-43(71-50-20-10-7-17-44(50)47-23-26-65-35-55(47)71)32-54(59)73-52-22-12-9-19-46(52)49-25-28-67-37-57(49)73/h1-32,35-37H. The highest BCUT2D eigenvalue weighted by atomic mass is 15.1. The van der Waals surface area contributed by atoms with E-state index >= 15 is 0 Å². The molecule has 0 unspecified atom stereocenters. The van der Waals surface area contributed by atoms with Gasteiger partial charge in [0.25, 0.3) is 0 Å². The molecular weight excluding hydrogens is 899 g/mol. The van der Waals surface area contributed by atoms with Crippen molar-refractivity contribution in [1.82, 2.24) is 43.6 Å². The van der Waals surface area contributed by atoms with E-state index in [2.05, 4.69) is 110 Å². The second-order valence-corrected chi connectivity index (χ2v) is 17.8. The molecule has 0 amide bonds. The third kappa shape index (κ3) is 6.44. The molecule has 11 nitrogen and oxygen atoms in total. The minimum atomic E-state index is 0.213. The van der Waals surface area contributed by atoms with Crippen LogP contribution in [0.1, 0.15) is 11.1 Å². The molecule has 0 N–H and O–H groups in total. The zero-order valence-corrected chi connectivity index (χ0v) is 38.6. The van der Waals surface area contributed by atoms with Crippen LogP contribution in [0.5, 0.6) is 0 Å². The van der Waals surface area contributed by atoms with Gasteiger partial charge >= 0.3 is 0 Å². The molecule has 0 fully saturated rings. The Kier molecular flexibility index (Phi) is 9.36. The molecule has 7 aromatic heterocycles. The monoisotopic (exact) mass is 933 g/mol. The van der Waals surface area contributed by atoms with Gasteiger partial charge in [0.05, 0.1) is 97.6 Å². The van der Waals surface area contributed by atoms with Gasteiger partial charge in [0.15, 0.2) is 17.5 Å². The Morgan fingerprint density at radius 1 is 0.329 bits per heavy atom. The minimum absolute atomic E-state index is 0.213. The van der Waals surface area contributed by atoms with E-state index < -0.39 is 0 Å². The molecule has 0 radical (unpaired) electrons. The van der Waals surface area contributed by atoms with Gasteiger partial charge in [-0.25, -0.2) is 15.0 Å². The number of nitrogens with zero attached hydrogens (tertiary/aromatic N) is 11. The molecule has 0 atom stereocenters. The van der Waals surface area contributed by atoms with Crippen LogP contribution in [-0.2, 0) is 0 Å². The van der Waals surface area contributed by atoms with Crippen molar-refractivity contribution in [2.45, 2.75) is 0 Å². The number of nitriles is 2. The molecule has 0 aliphatic carbocycles. The normalized spacial score (nSPS) is 11.5. The Hall–Kier alpha value is -10.6. The predicted molar refractivity (Wildman–Crippen MR) is 287 cm³/mol. The molecule has 7 aromatic carbocycles. The summed E-state index contributed by atoms with van der Waals surface area (Å²) >= 11 is 0. The summed E-state index contributed by atoms with van der Waals surface area (Å²) in [6.07, 6.45) is 11.2. The van der Waals surface area contributed by atoms with Gasteiger partial charge in [0.1, 0.15) is 0 Å². The van der Waals surface area contributed by atoms with E-state index in [0.29, 0.717) is 22.8 Å². The summed E-state index contributed by atoms with van der Waals surface area (Å²) in [5.41, 5.74) is 11.7. The summed E-state index contributed by atoms with van der Waals surface area (Å²) in [5, 5.41) is 29.1. The largest absolute Gasteiger partial charge is 0.308 e. The number of rotatable bonds is 7. The van der Waals surface area contributed by atoms with Gasteiger partial charge in [-0.2, -0.15) is 10.5 Å². The van der Waals surface area contributed by atoms with E-state index in [1.165, 1.54) is 0 Å². The van der Waals surface area contributed by atoms with Gasteiger partial charge < -0.3 is 13.7 Å². The van der Waals surface area contributed by atoms with Crippen LogP contribution < -0.4 is 0 Å². The number of hydrogen-bond donors (Lipinski definition) is 0. The van der Waals surface area contributed by atoms with E-state index in [-0.39, 0.29) is 17.0 Å². The Bertz CT molecular complexity index is 4260. The van der Waals surface area contributed by atoms with Crippen LogP contribution >= 0.6 is 0 Å². The maximum absolute atomic E-state index is 11.4. The van der Waals surface area contributed by atoms with E-state index in [0.717, 1.165) is 99.2 Å². The molecule has 0 aliphatic heterocycles. The van der Waals surface area contributed by atoms with Crippen molar-refractivity contribution in [1.29, 1.82) is 10.5 Å². The fourth-order valence-corrected chi connectivity index (χ4v) is 10.8. The molecule has 7 heterocycles. The Balaban J connectivity index is 1.15.